The van der Waals surface area contributed by atoms with Gasteiger partial charge in [-0.3, -0.25) is 4.79 Å². The standard InChI is InChI=1S/C9H10BrNO2/c10-7-4-2-1-3-6(7)5-8(11)9(12)13/h1-4,8H,5,11H2,(H,12,13)/t8-/m1/s1/i10+2. The number of carboxylic acid groups (broad SMARTS) is 1. The van der Waals surface area contributed by atoms with Crippen LogP contribution in [0.1, 0.15) is 5.56 Å². The molecule has 0 saturated carbocycles. The van der Waals surface area contributed by atoms with E-state index >= 15 is 0 Å². The number of hydrogen-bond donors (Lipinski definition) is 2. The number of carboxylic acids is 1. The summed E-state index contributed by atoms with van der Waals surface area (Å²) >= 11 is 3.33. The third kappa shape index (κ3) is 2.82. The van der Waals surface area contributed by atoms with E-state index in [9.17, 15) is 4.79 Å². The highest BCUT2D eigenvalue weighted by Gasteiger charge is 2.12. The molecule has 1 aromatic rings. The SMILES string of the molecule is N[C@H](Cc1ccccc1[82Br])C(=O)O. The van der Waals surface area contributed by atoms with Crippen LogP contribution >= 0.6 is 15.9 Å². The Hall–Kier alpha value is -0.870. The molecule has 0 spiro atoms. The summed E-state index contributed by atoms with van der Waals surface area (Å²) in [6, 6.07) is 6.62. The normalized spacial score (nSPS) is 12.5. The zero-order chi connectivity index (χ0) is 9.84. The summed E-state index contributed by atoms with van der Waals surface area (Å²) in [5.74, 6) is -0.976. The Bertz CT molecular complexity index is 314. The first-order valence-electron chi connectivity index (χ1n) is 3.83. The highest BCUT2D eigenvalue weighted by molar-refractivity contribution is 9.10. The number of nitrogens with two attached hydrogens (primary N) is 1. The summed E-state index contributed by atoms with van der Waals surface area (Å²) in [5, 5.41) is 8.59. The van der Waals surface area contributed by atoms with Crippen molar-refractivity contribution in [3.8, 4) is 0 Å². The molecule has 0 radical (unpaired) electrons. The van der Waals surface area contributed by atoms with Gasteiger partial charge in [-0.25, -0.2) is 0 Å². The molecule has 4 heteroatoms. The largest absolute Gasteiger partial charge is 0.480 e. The summed E-state index contributed by atoms with van der Waals surface area (Å²) in [4.78, 5) is 10.5. The third-order valence-electron chi connectivity index (χ3n) is 1.71. The molecule has 3 nitrogen and oxygen atoms in total. The topological polar surface area (TPSA) is 63.3 Å². The molecule has 0 amide bonds. The van der Waals surface area contributed by atoms with Crippen molar-refractivity contribution in [1.82, 2.24) is 0 Å². The van der Waals surface area contributed by atoms with Crippen molar-refractivity contribution >= 4 is 21.9 Å². The molecular weight excluding hydrogens is 236 g/mol. The van der Waals surface area contributed by atoms with Gasteiger partial charge in [-0.1, -0.05) is 34.1 Å². The van der Waals surface area contributed by atoms with Crippen LogP contribution < -0.4 is 5.73 Å². The lowest BCUT2D eigenvalue weighted by molar-refractivity contribution is -0.138. The Morgan fingerprint density at radius 2 is 2.15 bits per heavy atom. The predicted molar refractivity (Wildman–Crippen MR) is 53.5 cm³/mol. The van der Waals surface area contributed by atoms with E-state index in [2.05, 4.69) is 15.9 Å². The molecule has 13 heavy (non-hydrogen) atoms. The van der Waals surface area contributed by atoms with E-state index in [4.69, 9.17) is 10.8 Å². The van der Waals surface area contributed by atoms with Crippen molar-refractivity contribution in [3.05, 3.63) is 34.3 Å². The Morgan fingerprint density at radius 1 is 1.54 bits per heavy atom. The second-order valence-corrected chi connectivity index (χ2v) is 3.59. The molecule has 3 N–H and O–H groups in total. The summed E-state index contributed by atoms with van der Waals surface area (Å²) in [5.41, 5.74) is 6.31. The summed E-state index contributed by atoms with van der Waals surface area (Å²) in [6.45, 7) is 0. The van der Waals surface area contributed by atoms with Crippen molar-refractivity contribution in [2.45, 2.75) is 12.5 Å². The van der Waals surface area contributed by atoms with Crippen LogP contribution in [0, 0.1) is 0 Å². The van der Waals surface area contributed by atoms with E-state index in [1.54, 1.807) is 0 Å². The minimum atomic E-state index is -0.976. The van der Waals surface area contributed by atoms with Gasteiger partial charge in [0.1, 0.15) is 6.04 Å². The molecule has 0 heterocycles. The predicted octanol–water partition coefficient (Wildman–Crippen LogP) is 1.40. The second-order valence-electron chi connectivity index (χ2n) is 2.74. The van der Waals surface area contributed by atoms with Crippen LogP contribution in [0.4, 0.5) is 0 Å². The summed E-state index contributed by atoms with van der Waals surface area (Å²) < 4.78 is 0.895. The maximum Gasteiger partial charge on any atom is 0.320 e. The van der Waals surface area contributed by atoms with Crippen LogP contribution in [-0.4, -0.2) is 17.1 Å². The molecule has 0 unspecified atom stereocenters. The molecule has 0 aliphatic rings. The number of benzene rings is 1. The van der Waals surface area contributed by atoms with Gasteiger partial charge in [-0.05, 0) is 18.1 Å². The number of carbonyl (C=O) groups is 1. The van der Waals surface area contributed by atoms with Gasteiger partial charge in [0.15, 0.2) is 0 Å². The van der Waals surface area contributed by atoms with Gasteiger partial charge in [-0.2, -0.15) is 0 Å². The van der Waals surface area contributed by atoms with Gasteiger partial charge in [0.05, 0.1) is 0 Å². The fraction of sp³-hybridized carbons (Fsp3) is 0.222. The van der Waals surface area contributed by atoms with E-state index < -0.39 is 12.0 Å². The lowest BCUT2D eigenvalue weighted by atomic mass is 10.1. The molecule has 0 aliphatic heterocycles. The van der Waals surface area contributed by atoms with Crippen LogP contribution in [0.15, 0.2) is 28.7 Å². The summed E-state index contributed by atoms with van der Waals surface area (Å²) in [6.07, 6.45) is 0.344. The molecule has 0 aromatic heterocycles. The fourth-order valence-corrected chi connectivity index (χ4v) is 1.43. The Balaban J connectivity index is 2.74. The van der Waals surface area contributed by atoms with Crippen molar-refractivity contribution in [3.63, 3.8) is 0 Å². The fourth-order valence-electron chi connectivity index (χ4n) is 0.988. The highest BCUT2D eigenvalue weighted by atomic mass is 81.9. The smallest absolute Gasteiger partial charge is 0.320 e. The minimum Gasteiger partial charge on any atom is -0.480 e. The molecule has 1 rings (SSSR count). The molecule has 1 atom stereocenters. The van der Waals surface area contributed by atoms with Crippen molar-refractivity contribution in [2.75, 3.05) is 0 Å². The Kier molecular flexibility index (Phi) is 3.45. The van der Waals surface area contributed by atoms with Gasteiger partial charge in [-0.15, -0.1) is 0 Å². The van der Waals surface area contributed by atoms with E-state index in [0.717, 1.165) is 10.0 Å². The van der Waals surface area contributed by atoms with Crippen LogP contribution in [0.5, 0.6) is 0 Å². The summed E-state index contributed by atoms with van der Waals surface area (Å²) in [7, 11) is 0. The highest BCUT2D eigenvalue weighted by Crippen LogP contribution is 2.16. The quantitative estimate of drug-likeness (QED) is 0.847. The molecule has 1 aromatic carbocycles. The van der Waals surface area contributed by atoms with Crippen molar-refractivity contribution in [2.24, 2.45) is 5.73 Å². The minimum absolute atomic E-state index is 0.344. The van der Waals surface area contributed by atoms with E-state index in [0.29, 0.717) is 6.42 Å². The first-order valence-corrected chi connectivity index (χ1v) is 4.62. The molecule has 0 saturated heterocycles. The molecular formula is C9H10BrNO2. The first kappa shape index (κ1) is 10.2. The number of rotatable bonds is 3. The van der Waals surface area contributed by atoms with Crippen molar-refractivity contribution < 1.29 is 9.90 Å². The maximum absolute atomic E-state index is 10.5. The zero-order valence-corrected chi connectivity index (χ0v) is 8.49. The lowest BCUT2D eigenvalue weighted by Gasteiger charge is -2.07. The van der Waals surface area contributed by atoms with Crippen LogP contribution in [0.25, 0.3) is 0 Å². The zero-order valence-electron chi connectivity index (χ0n) is 6.90. The van der Waals surface area contributed by atoms with Crippen LogP contribution in [0.3, 0.4) is 0 Å². The maximum atomic E-state index is 10.5. The average molecular weight is 246 g/mol. The monoisotopic (exact) mass is 246 g/mol. The van der Waals surface area contributed by atoms with Gasteiger partial charge < -0.3 is 10.8 Å². The van der Waals surface area contributed by atoms with Gasteiger partial charge in [0, 0.05) is 4.47 Å². The van der Waals surface area contributed by atoms with Gasteiger partial charge in [0.25, 0.3) is 0 Å². The first-order chi connectivity index (χ1) is 6.11. The number of hydrogen-bond acceptors (Lipinski definition) is 2. The molecule has 0 bridgehead atoms. The molecule has 0 fully saturated rings. The lowest BCUT2D eigenvalue weighted by Crippen LogP contribution is -2.32. The Morgan fingerprint density at radius 3 is 2.69 bits per heavy atom. The second kappa shape index (κ2) is 4.39. The Labute approximate surface area is 84.7 Å². The average Bonchev–Trinajstić information content (AvgIpc) is 2.08. The van der Waals surface area contributed by atoms with E-state index in [1.807, 2.05) is 24.3 Å². The molecule has 70 valence electrons. The third-order valence-corrected chi connectivity index (χ3v) is 2.49. The van der Waals surface area contributed by atoms with E-state index in [1.165, 1.54) is 0 Å². The van der Waals surface area contributed by atoms with Gasteiger partial charge >= 0.3 is 5.97 Å². The molecule has 0 aliphatic carbocycles. The van der Waals surface area contributed by atoms with E-state index in [-0.39, 0.29) is 0 Å². The van der Waals surface area contributed by atoms with Crippen LogP contribution in [0.2, 0.25) is 0 Å². The van der Waals surface area contributed by atoms with Gasteiger partial charge in [0.2, 0.25) is 0 Å². The van der Waals surface area contributed by atoms with Crippen LogP contribution in [-0.2, 0) is 11.2 Å². The van der Waals surface area contributed by atoms with Crippen molar-refractivity contribution in [1.29, 1.82) is 0 Å². The number of aliphatic carboxylic acids is 1. The number of halogens is 1.